The van der Waals surface area contributed by atoms with Gasteiger partial charge in [0.2, 0.25) is 0 Å². The van der Waals surface area contributed by atoms with E-state index in [4.69, 9.17) is 23.2 Å². The van der Waals surface area contributed by atoms with E-state index >= 15 is 0 Å². The molecule has 0 unspecified atom stereocenters. The van der Waals surface area contributed by atoms with Crippen LogP contribution in [0.2, 0.25) is 10.0 Å². The van der Waals surface area contributed by atoms with Gasteiger partial charge in [0, 0.05) is 33.2 Å². The van der Waals surface area contributed by atoms with Crippen molar-refractivity contribution in [2.75, 3.05) is 31.1 Å². The molecule has 0 atom stereocenters. The fourth-order valence-electron chi connectivity index (χ4n) is 3.26. The van der Waals surface area contributed by atoms with Gasteiger partial charge < -0.3 is 9.80 Å². The zero-order valence-corrected chi connectivity index (χ0v) is 17.1. The Morgan fingerprint density at radius 2 is 1.89 bits per heavy atom. The Labute approximate surface area is 171 Å². The average Bonchev–Trinajstić information content (AvgIpc) is 3.33. The van der Waals surface area contributed by atoms with Crippen LogP contribution in [-0.2, 0) is 7.05 Å². The van der Waals surface area contributed by atoms with Crippen molar-refractivity contribution in [3.8, 4) is 10.6 Å². The van der Waals surface area contributed by atoms with E-state index in [1.807, 2.05) is 47.7 Å². The van der Waals surface area contributed by atoms with E-state index in [1.165, 1.54) is 0 Å². The molecule has 4 rings (SSSR count). The monoisotopic (exact) mass is 420 g/mol. The van der Waals surface area contributed by atoms with Crippen LogP contribution in [0.3, 0.4) is 0 Å². The van der Waals surface area contributed by atoms with Crippen molar-refractivity contribution in [2.24, 2.45) is 7.05 Å². The summed E-state index contributed by atoms with van der Waals surface area (Å²) in [7, 11) is 1.81. The molecule has 0 saturated carbocycles. The van der Waals surface area contributed by atoms with Gasteiger partial charge in [-0.2, -0.15) is 5.10 Å². The lowest BCUT2D eigenvalue weighted by atomic mass is 10.2. The van der Waals surface area contributed by atoms with Crippen LogP contribution in [-0.4, -0.2) is 46.8 Å². The first-order chi connectivity index (χ1) is 13.0. The zero-order chi connectivity index (χ0) is 19.0. The Morgan fingerprint density at radius 3 is 2.59 bits per heavy atom. The molecule has 1 fully saturated rings. The molecule has 27 heavy (non-hydrogen) atoms. The molecule has 8 heteroatoms. The number of hydrogen-bond donors (Lipinski definition) is 0. The average molecular weight is 421 g/mol. The van der Waals surface area contributed by atoms with Crippen LogP contribution < -0.4 is 4.90 Å². The van der Waals surface area contributed by atoms with Crippen LogP contribution in [0.15, 0.2) is 41.8 Å². The molecule has 1 aliphatic heterocycles. The number of carbonyl (C=O) groups excluding carboxylic acids is 1. The highest BCUT2D eigenvalue weighted by Gasteiger charge is 2.26. The summed E-state index contributed by atoms with van der Waals surface area (Å²) in [6.07, 6.45) is 0. The van der Waals surface area contributed by atoms with Gasteiger partial charge in [-0.15, -0.1) is 11.3 Å². The van der Waals surface area contributed by atoms with Crippen molar-refractivity contribution < 1.29 is 4.79 Å². The molecule has 0 aliphatic carbocycles. The second kappa shape index (κ2) is 7.54. The standard InChI is InChI=1S/C19H18Cl2N4OS/c1-23-16(12-14(22-23)17-6-3-11-27-17)19(26)25-9-7-24(8-10-25)15-5-2-4-13(20)18(15)21/h2-6,11-12H,7-10H2,1H3. The summed E-state index contributed by atoms with van der Waals surface area (Å²) in [4.78, 5) is 18.1. The molecule has 3 aromatic rings. The van der Waals surface area contributed by atoms with Crippen LogP contribution in [0.5, 0.6) is 0 Å². The Kier molecular flexibility index (Phi) is 5.12. The van der Waals surface area contributed by atoms with Crippen molar-refractivity contribution in [3.63, 3.8) is 0 Å². The number of amides is 1. The van der Waals surface area contributed by atoms with Gasteiger partial charge in [-0.3, -0.25) is 9.48 Å². The fraction of sp³-hybridized carbons (Fsp3) is 0.263. The number of benzene rings is 1. The first-order valence-corrected chi connectivity index (χ1v) is 10.2. The molecule has 1 aliphatic rings. The quantitative estimate of drug-likeness (QED) is 0.629. The number of piperazine rings is 1. The predicted octanol–water partition coefficient (Wildman–Crippen LogP) is 4.42. The highest BCUT2D eigenvalue weighted by Crippen LogP contribution is 2.33. The third-order valence-corrected chi connectivity index (χ3v) is 6.41. The highest BCUT2D eigenvalue weighted by atomic mass is 35.5. The van der Waals surface area contributed by atoms with Gasteiger partial charge in [0.05, 0.1) is 20.6 Å². The smallest absolute Gasteiger partial charge is 0.272 e. The van der Waals surface area contributed by atoms with Crippen molar-refractivity contribution in [1.82, 2.24) is 14.7 Å². The Morgan fingerprint density at radius 1 is 1.11 bits per heavy atom. The van der Waals surface area contributed by atoms with Crippen molar-refractivity contribution >= 4 is 46.1 Å². The molecule has 0 bridgehead atoms. The van der Waals surface area contributed by atoms with Crippen LogP contribution in [0.1, 0.15) is 10.5 Å². The Bertz CT molecular complexity index is 962. The maximum Gasteiger partial charge on any atom is 0.272 e. The number of aromatic nitrogens is 2. The van der Waals surface area contributed by atoms with Gasteiger partial charge in [0.25, 0.3) is 5.91 Å². The molecule has 5 nitrogen and oxygen atoms in total. The summed E-state index contributed by atoms with van der Waals surface area (Å²) >= 11 is 14.1. The first kappa shape index (κ1) is 18.3. The number of halogens is 2. The van der Waals surface area contributed by atoms with Gasteiger partial charge in [-0.1, -0.05) is 35.3 Å². The number of thiophene rings is 1. The maximum atomic E-state index is 13.0. The van der Waals surface area contributed by atoms with Crippen LogP contribution in [0.4, 0.5) is 5.69 Å². The van der Waals surface area contributed by atoms with Gasteiger partial charge in [0.15, 0.2) is 0 Å². The number of anilines is 1. The molecular formula is C19H18Cl2N4OS. The number of rotatable bonds is 3. The van der Waals surface area contributed by atoms with Crippen LogP contribution >= 0.6 is 34.5 Å². The molecule has 3 heterocycles. The van der Waals surface area contributed by atoms with E-state index in [1.54, 1.807) is 22.1 Å². The fourth-order valence-corrected chi connectivity index (χ4v) is 4.36. The second-order valence-electron chi connectivity index (χ2n) is 6.37. The SMILES string of the molecule is Cn1nc(-c2cccs2)cc1C(=O)N1CCN(c2cccc(Cl)c2Cl)CC1. The van der Waals surface area contributed by atoms with E-state index in [9.17, 15) is 4.79 Å². The minimum Gasteiger partial charge on any atom is -0.367 e. The lowest BCUT2D eigenvalue weighted by molar-refractivity contribution is 0.0735. The molecule has 1 amide bonds. The molecular weight excluding hydrogens is 403 g/mol. The molecule has 1 aromatic carbocycles. The summed E-state index contributed by atoms with van der Waals surface area (Å²) in [5, 5.41) is 7.60. The molecule has 140 valence electrons. The van der Waals surface area contributed by atoms with E-state index in [0.29, 0.717) is 41.9 Å². The van der Waals surface area contributed by atoms with E-state index in [0.717, 1.165) is 16.3 Å². The van der Waals surface area contributed by atoms with E-state index in [2.05, 4.69) is 10.00 Å². The van der Waals surface area contributed by atoms with Gasteiger partial charge >= 0.3 is 0 Å². The van der Waals surface area contributed by atoms with Crippen LogP contribution in [0.25, 0.3) is 10.6 Å². The second-order valence-corrected chi connectivity index (χ2v) is 8.10. The predicted molar refractivity (Wildman–Crippen MR) is 111 cm³/mol. The summed E-state index contributed by atoms with van der Waals surface area (Å²) in [5.41, 5.74) is 2.35. The molecule has 2 aromatic heterocycles. The van der Waals surface area contributed by atoms with Crippen molar-refractivity contribution in [1.29, 1.82) is 0 Å². The van der Waals surface area contributed by atoms with E-state index in [-0.39, 0.29) is 5.91 Å². The van der Waals surface area contributed by atoms with Gasteiger partial charge in [0.1, 0.15) is 11.4 Å². The first-order valence-electron chi connectivity index (χ1n) is 8.61. The highest BCUT2D eigenvalue weighted by molar-refractivity contribution is 7.13. The minimum atomic E-state index is 0.00430. The van der Waals surface area contributed by atoms with Crippen molar-refractivity contribution in [3.05, 3.63) is 57.5 Å². The molecule has 0 radical (unpaired) electrons. The third-order valence-electron chi connectivity index (χ3n) is 4.71. The summed E-state index contributed by atoms with van der Waals surface area (Å²) < 4.78 is 1.66. The number of aryl methyl sites for hydroxylation is 1. The minimum absolute atomic E-state index is 0.00430. The Hall–Kier alpha value is -2.02. The maximum absolute atomic E-state index is 13.0. The van der Waals surface area contributed by atoms with Crippen LogP contribution in [0, 0.1) is 0 Å². The lowest BCUT2D eigenvalue weighted by Crippen LogP contribution is -2.49. The summed E-state index contributed by atoms with van der Waals surface area (Å²) in [6.45, 7) is 2.67. The topological polar surface area (TPSA) is 41.4 Å². The van der Waals surface area contributed by atoms with Gasteiger partial charge in [-0.25, -0.2) is 0 Å². The number of carbonyl (C=O) groups is 1. The molecule has 0 spiro atoms. The third kappa shape index (κ3) is 3.57. The lowest BCUT2D eigenvalue weighted by Gasteiger charge is -2.36. The van der Waals surface area contributed by atoms with Crippen molar-refractivity contribution in [2.45, 2.75) is 0 Å². The Balaban J connectivity index is 1.47. The molecule has 1 saturated heterocycles. The van der Waals surface area contributed by atoms with Gasteiger partial charge in [-0.05, 0) is 29.6 Å². The normalized spacial score (nSPS) is 14.6. The summed E-state index contributed by atoms with van der Waals surface area (Å²) in [6, 6.07) is 11.5. The number of hydrogen-bond acceptors (Lipinski definition) is 4. The van der Waals surface area contributed by atoms with E-state index < -0.39 is 0 Å². The largest absolute Gasteiger partial charge is 0.367 e. The number of nitrogens with zero attached hydrogens (tertiary/aromatic N) is 4. The zero-order valence-electron chi connectivity index (χ0n) is 14.7. The summed E-state index contributed by atoms with van der Waals surface area (Å²) in [5.74, 6) is 0.00430. The molecule has 0 N–H and O–H groups in total.